The summed E-state index contributed by atoms with van der Waals surface area (Å²) in [5.41, 5.74) is 1.06. The predicted molar refractivity (Wildman–Crippen MR) is 101 cm³/mol. The predicted octanol–water partition coefficient (Wildman–Crippen LogP) is 6.02. The molecule has 5 unspecified atom stereocenters. The van der Waals surface area contributed by atoms with Crippen LogP contribution >= 0.6 is 0 Å². The van der Waals surface area contributed by atoms with Crippen LogP contribution in [-0.2, 0) is 10.3 Å². The molecule has 2 aliphatic rings. The normalized spacial score (nSPS) is 32.6. The molecule has 0 heterocycles. The lowest BCUT2D eigenvalue weighted by molar-refractivity contribution is -0.0539. The Morgan fingerprint density at radius 3 is 2.42 bits per heavy atom. The fourth-order valence-electron chi connectivity index (χ4n) is 5.25. The van der Waals surface area contributed by atoms with E-state index in [1.807, 2.05) is 0 Å². The molecule has 0 aromatic heterocycles. The number of hydrogen-bond acceptors (Lipinski definition) is 1. The monoisotopic (exact) mass is 322 g/mol. The van der Waals surface area contributed by atoms with E-state index in [-0.39, 0.29) is 5.60 Å². The highest BCUT2D eigenvalue weighted by atomic mass is 16.5. The Hall–Kier alpha value is -1.34. The van der Waals surface area contributed by atoms with E-state index in [0.29, 0.717) is 0 Å². The summed E-state index contributed by atoms with van der Waals surface area (Å²) in [6.45, 7) is 10.3. The fourth-order valence-corrected chi connectivity index (χ4v) is 5.25. The number of ether oxygens (including phenoxy) is 1. The number of hydrogen-bond donors (Lipinski definition) is 0. The number of benzene rings is 2. The molecule has 2 saturated carbocycles. The van der Waals surface area contributed by atoms with Gasteiger partial charge in [-0.15, -0.1) is 0 Å². The second kappa shape index (κ2) is 5.88. The quantitative estimate of drug-likeness (QED) is 0.669. The van der Waals surface area contributed by atoms with Crippen LogP contribution in [0.2, 0.25) is 0 Å². The van der Waals surface area contributed by atoms with Crippen molar-refractivity contribution >= 4 is 10.8 Å². The van der Waals surface area contributed by atoms with Crippen LogP contribution < -0.4 is 0 Å². The lowest BCUT2D eigenvalue weighted by Crippen LogP contribution is -2.31. The van der Waals surface area contributed by atoms with E-state index in [4.69, 9.17) is 4.74 Å². The third kappa shape index (κ3) is 2.67. The van der Waals surface area contributed by atoms with Crippen LogP contribution in [-0.4, -0.2) is 6.61 Å². The first-order valence-electron chi connectivity index (χ1n) is 9.59. The molecule has 1 nitrogen and oxygen atoms in total. The molecule has 0 N–H and O–H groups in total. The highest BCUT2D eigenvalue weighted by molar-refractivity contribution is 5.83. The Balaban J connectivity index is 1.47. The molecular weight excluding hydrogens is 292 g/mol. The molecule has 2 aliphatic carbocycles. The van der Waals surface area contributed by atoms with Crippen LogP contribution in [0.3, 0.4) is 0 Å². The van der Waals surface area contributed by atoms with Crippen LogP contribution in [0, 0.1) is 29.6 Å². The van der Waals surface area contributed by atoms with E-state index in [0.717, 1.165) is 36.2 Å². The Morgan fingerprint density at radius 1 is 0.958 bits per heavy atom. The van der Waals surface area contributed by atoms with Gasteiger partial charge < -0.3 is 4.74 Å². The molecule has 0 radical (unpaired) electrons. The molecule has 0 aliphatic heterocycles. The molecule has 128 valence electrons. The van der Waals surface area contributed by atoms with Gasteiger partial charge >= 0.3 is 0 Å². The van der Waals surface area contributed by atoms with Gasteiger partial charge in [-0.3, -0.25) is 0 Å². The minimum atomic E-state index is -0.222. The topological polar surface area (TPSA) is 9.23 Å². The first-order chi connectivity index (χ1) is 11.5. The van der Waals surface area contributed by atoms with Crippen molar-refractivity contribution < 1.29 is 4.74 Å². The zero-order chi connectivity index (χ0) is 16.9. The second-order valence-electron chi connectivity index (χ2n) is 8.76. The zero-order valence-electron chi connectivity index (χ0n) is 15.5. The number of rotatable bonds is 4. The molecule has 2 aromatic carbocycles. The van der Waals surface area contributed by atoms with E-state index in [1.54, 1.807) is 0 Å². The van der Waals surface area contributed by atoms with Crippen molar-refractivity contribution in [1.82, 2.24) is 0 Å². The summed E-state index contributed by atoms with van der Waals surface area (Å²) >= 11 is 0. The second-order valence-corrected chi connectivity index (χ2v) is 8.76. The lowest BCUT2D eigenvalue weighted by Gasteiger charge is -2.34. The minimum absolute atomic E-state index is 0.222. The Kier molecular flexibility index (Phi) is 3.95. The van der Waals surface area contributed by atoms with Crippen molar-refractivity contribution in [3.05, 3.63) is 48.0 Å². The van der Waals surface area contributed by atoms with Crippen LogP contribution in [0.25, 0.3) is 10.8 Å². The van der Waals surface area contributed by atoms with Gasteiger partial charge in [-0.05, 0) is 78.7 Å². The molecular formula is C23H30O. The third-order valence-electron chi connectivity index (χ3n) is 7.14. The molecule has 5 atom stereocenters. The maximum atomic E-state index is 6.48. The maximum Gasteiger partial charge on any atom is 0.0875 e. The number of fused-ring (bicyclic) bond motifs is 3. The van der Waals surface area contributed by atoms with Crippen LogP contribution in [0.15, 0.2) is 42.5 Å². The summed E-state index contributed by atoms with van der Waals surface area (Å²) in [4.78, 5) is 0. The Labute approximate surface area is 146 Å². The van der Waals surface area contributed by atoms with Gasteiger partial charge in [0.05, 0.1) is 12.2 Å². The van der Waals surface area contributed by atoms with Gasteiger partial charge in [0.2, 0.25) is 0 Å². The molecule has 0 spiro atoms. The lowest BCUT2D eigenvalue weighted by atomic mass is 9.76. The minimum Gasteiger partial charge on any atom is -0.371 e. The summed E-state index contributed by atoms with van der Waals surface area (Å²) in [6, 6.07) is 15.3. The van der Waals surface area contributed by atoms with Gasteiger partial charge in [0.25, 0.3) is 0 Å². The molecule has 2 aromatic rings. The van der Waals surface area contributed by atoms with Crippen molar-refractivity contribution in [1.29, 1.82) is 0 Å². The van der Waals surface area contributed by atoms with Crippen LogP contribution in [0.5, 0.6) is 0 Å². The van der Waals surface area contributed by atoms with E-state index in [1.165, 1.54) is 29.2 Å². The van der Waals surface area contributed by atoms with Crippen molar-refractivity contribution in [2.75, 3.05) is 6.61 Å². The van der Waals surface area contributed by atoms with Crippen molar-refractivity contribution in [3.63, 3.8) is 0 Å². The van der Waals surface area contributed by atoms with E-state index in [2.05, 4.69) is 70.2 Å². The van der Waals surface area contributed by atoms with Crippen LogP contribution in [0.4, 0.5) is 0 Å². The van der Waals surface area contributed by atoms with Gasteiger partial charge in [0.1, 0.15) is 0 Å². The zero-order valence-corrected chi connectivity index (χ0v) is 15.5. The third-order valence-corrected chi connectivity index (χ3v) is 7.14. The van der Waals surface area contributed by atoms with E-state index in [9.17, 15) is 0 Å². The summed E-state index contributed by atoms with van der Waals surface area (Å²) in [7, 11) is 0. The molecule has 4 rings (SSSR count). The van der Waals surface area contributed by atoms with Crippen LogP contribution in [0.1, 0.15) is 46.1 Å². The van der Waals surface area contributed by atoms with Crippen molar-refractivity contribution in [2.45, 2.75) is 46.1 Å². The fraction of sp³-hybridized carbons (Fsp3) is 0.565. The SMILES string of the molecule is CC1C2CC(COC(C)(C)c3ccc4ccccc4c3)C(C2)C1C. The molecule has 1 heteroatoms. The Morgan fingerprint density at radius 2 is 1.71 bits per heavy atom. The smallest absolute Gasteiger partial charge is 0.0875 e. The van der Waals surface area contributed by atoms with Gasteiger partial charge in [-0.2, -0.15) is 0 Å². The molecule has 24 heavy (non-hydrogen) atoms. The molecule has 2 fully saturated rings. The average molecular weight is 322 g/mol. The largest absolute Gasteiger partial charge is 0.371 e. The van der Waals surface area contributed by atoms with Crippen molar-refractivity contribution in [2.24, 2.45) is 29.6 Å². The highest BCUT2D eigenvalue weighted by Gasteiger charge is 2.48. The van der Waals surface area contributed by atoms with Gasteiger partial charge in [-0.1, -0.05) is 50.2 Å². The average Bonchev–Trinajstić information content (AvgIpc) is 3.12. The molecule has 2 bridgehead atoms. The summed E-state index contributed by atoms with van der Waals surface area (Å²) in [5, 5.41) is 2.60. The van der Waals surface area contributed by atoms with Gasteiger partial charge in [0, 0.05) is 0 Å². The standard InChI is InChI=1S/C23H30O/c1-15-16(2)22-13-19(15)11-20(22)14-24-23(3,4)21-10-9-17-7-5-6-8-18(17)12-21/h5-10,12,15-16,19-20,22H,11,13-14H2,1-4H3. The van der Waals surface area contributed by atoms with Crippen molar-refractivity contribution in [3.8, 4) is 0 Å². The van der Waals surface area contributed by atoms with Gasteiger partial charge in [0.15, 0.2) is 0 Å². The highest BCUT2D eigenvalue weighted by Crippen LogP contribution is 2.55. The van der Waals surface area contributed by atoms with Gasteiger partial charge in [-0.25, -0.2) is 0 Å². The summed E-state index contributed by atoms with van der Waals surface area (Å²) < 4.78 is 6.48. The summed E-state index contributed by atoms with van der Waals surface area (Å²) in [6.07, 6.45) is 2.82. The van der Waals surface area contributed by atoms with E-state index >= 15 is 0 Å². The first kappa shape index (κ1) is 16.1. The maximum absolute atomic E-state index is 6.48. The first-order valence-corrected chi connectivity index (χ1v) is 9.59. The summed E-state index contributed by atoms with van der Waals surface area (Å²) in [5.74, 6) is 4.39. The molecule has 0 amide bonds. The van der Waals surface area contributed by atoms with E-state index < -0.39 is 0 Å². The Bertz CT molecular complexity index is 730. The molecule has 0 saturated heterocycles.